The van der Waals surface area contributed by atoms with Crippen molar-refractivity contribution in [2.24, 2.45) is 0 Å². The molecule has 0 aliphatic heterocycles. The molecule has 0 rings (SSSR count). The highest BCUT2D eigenvalue weighted by Crippen LogP contribution is 2.15. The van der Waals surface area contributed by atoms with Crippen molar-refractivity contribution in [3.63, 3.8) is 0 Å². The predicted molar refractivity (Wildman–Crippen MR) is 70.2 cm³/mol. The third-order valence-electron chi connectivity index (χ3n) is 1.98. The van der Waals surface area contributed by atoms with Crippen molar-refractivity contribution in [3.05, 3.63) is 22.2 Å². The molecule has 0 saturated heterocycles. The molecule has 0 aliphatic rings. The van der Waals surface area contributed by atoms with Crippen molar-refractivity contribution < 1.29 is 4.79 Å². The summed E-state index contributed by atoms with van der Waals surface area (Å²) < 4.78 is 1.16. The van der Waals surface area contributed by atoms with Crippen LogP contribution >= 0.6 is 15.9 Å². The van der Waals surface area contributed by atoms with Gasteiger partial charge in [-0.15, -0.1) is 0 Å². The number of halogens is 1. The molecule has 2 heteroatoms. The van der Waals surface area contributed by atoms with E-state index in [2.05, 4.69) is 28.9 Å². The molecule has 86 valence electrons. The van der Waals surface area contributed by atoms with E-state index in [1.165, 1.54) is 12.8 Å². The third kappa shape index (κ3) is 9.92. The summed E-state index contributed by atoms with van der Waals surface area (Å²) in [6, 6.07) is 0. The van der Waals surface area contributed by atoms with E-state index < -0.39 is 0 Å². The second-order valence-corrected chi connectivity index (χ2v) is 5.00. The smallest absolute Gasteiger partial charge is 0.155 e. The zero-order chi connectivity index (χ0) is 11.7. The number of rotatable bonds is 7. The van der Waals surface area contributed by atoms with Crippen molar-refractivity contribution in [2.75, 3.05) is 0 Å². The van der Waals surface area contributed by atoms with Crippen molar-refractivity contribution in [2.45, 2.75) is 52.9 Å². The largest absolute Gasteiger partial charge is 0.295 e. The van der Waals surface area contributed by atoms with E-state index in [0.717, 1.165) is 22.9 Å². The number of hydrogen-bond acceptors (Lipinski definition) is 1. The van der Waals surface area contributed by atoms with Crippen LogP contribution in [-0.2, 0) is 4.79 Å². The lowest BCUT2D eigenvalue weighted by Gasteiger charge is -1.98. The summed E-state index contributed by atoms with van der Waals surface area (Å²) in [7, 11) is 0. The van der Waals surface area contributed by atoms with Crippen LogP contribution in [0.15, 0.2) is 22.2 Å². The standard InChI is InChI=1S/C13H21BrO/c1-4-5-6-7-12(14)8-9-13(15)10-11(2)3/h7,10H,4-6,8-9H2,1-3H3/b12-7-. The van der Waals surface area contributed by atoms with E-state index in [4.69, 9.17) is 0 Å². The minimum absolute atomic E-state index is 0.218. The summed E-state index contributed by atoms with van der Waals surface area (Å²) in [5.41, 5.74) is 1.08. The van der Waals surface area contributed by atoms with E-state index in [0.29, 0.717) is 6.42 Å². The minimum Gasteiger partial charge on any atom is -0.295 e. The number of hydrogen-bond donors (Lipinski definition) is 0. The van der Waals surface area contributed by atoms with Crippen LogP contribution < -0.4 is 0 Å². The molecule has 0 aromatic heterocycles. The van der Waals surface area contributed by atoms with Gasteiger partial charge in [0.1, 0.15) is 0 Å². The molecule has 0 aromatic rings. The van der Waals surface area contributed by atoms with E-state index >= 15 is 0 Å². The number of carbonyl (C=O) groups is 1. The number of unbranched alkanes of at least 4 members (excludes halogenated alkanes) is 2. The second-order valence-electron chi connectivity index (χ2n) is 3.98. The first-order valence-electron chi connectivity index (χ1n) is 5.58. The van der Waals surface area contributed by atoms with Crippen LogP contribution in [0.4, 0.5) is 0 Å². The third-order valence-corrected chi connectivity index (χ3v) is 2.70. The summed E-state index contributed by atoms with van der Waals surface area (Å²) in [5, 5.41) is 0. The number of ketones is 1. The van der Waals surface area contributed by atoms with Crippen LogP contribution in [0.2, 0.25) is 0 Å². The molecule has 0 spiro atoms. The fourth-order valence-electron chi connectivity index (χ4n) is 1.20. The van der Waals surface area contributed by atoms with Crippen LogP contribution in [0.3, 0.4) is 0 Å². The molecule has 0 N–H and O–H groups in total. The molecular formula is C13H21BrO. The predicted octanol–water partition coefficient (Wildman–Crippen LogP) is 4.77. The second kappa shape index (κ2) is 8.90. The fourth-order valence-corrected chi connectivity index (χ4v) is 1.63. The molecule has 0 aromatic carbocycles. The maximum Gasteiger partial charge on any atom is 0.155 e. The zero-order valence-corrected chi connectivity index (χ0v) is 11.6. The fraction of sp³-hybridized carbons (Fsp3) is 0.615. The van der Waals surface area contributed by atoms with Gasteiger partial charge in [-0.1, -0.05) is 47.3 Å². The summed E-state index contributed by atoms with van der Waals surface area (Å²) >= 11 is 3.49. The lowest BCUT2D eigenvalue weighted by atomic mass is 10.1. The van der Waals surface area contributed by atoms with Gasteiger partial charge in [0.2, 0.25) is 0 Å². The van der Waals surface area contributed by atoms with Crippen LogP contribution in [0.25, 0.3) is 0 Å². The number of carbonyl (C=O) groups excluding carboxylic acids is 1. The van der Waals surface area contributed by atoms with Gasteiger partial charge in [-0.3, -0.25) is 4.79 Å². The molecular weight excluding hydrogens is 252 g/mol. The van der Waals surface area contributed by atoms with Crippen LogP contribution in [0.5, 0.6) is 0 Å². The molecule has 0 fully saturated rings. The first-order valence-corrected chi connectivity index (χ1v) is 6.37. The Morgan fingerprint density at radius 3 is 2.47 bits per heavy atom. The van der Waals surface area contributed by atoms with Gasteiger partial charge in [0.25, 0.3) is 0 Å². The average molecular weight is 273 g/mol. The van der Waals surface area contributed by atoms with Crippen molar-refractivity contribution >= 4 is 21.7 Å². The molecule has 0 unspecified atom stereocenters. The van der Waals surface area contributed by atoms with Crippen molar-refractivity contribution in [1.29, 1.82) is 0 Å². The van der Waals surface area contributed by atoms with Crippen LogP contribution in [0.1, 0.15) is 52.9 Å². The normalized spacial score (nSPS) is 11.3. The van der Waals surface area contributed by atoms with Gasteiger partial charge < -0.3 is 0 Å². The maximum absolute atomic E-state index is 11.4. The van der Waals surface area contributed by atoms with E-state index in [1.807, 2.05) is 13.8 Å². The highest BCUT2D eigenvalue weighted by atomic mass is 79.9. The Bertz CT molecular complexity index is 247. The van der Waals surface area contributed by atoms with Crippen molar-refractivity contribution in [1.82, 2.24) is 0 Å². The van der Waals surface area contributed by atoms with Gasteiger partial charge in [0.15, 0.2) is 5.78 Å². The molecule has 15 heavy (non-hydrogen) atoms. The van der Waals surface area contributed by atoms with Crippen LogP contribution in [-0.4, -0.2) is 5.78 Å². The zero-order valence-electron chi connectivity index (χ0n) is 9.98. The monoisotopic (exact) mass is 272 g/mol. The number of allylic oxidation sites excluding steroid dienone is 4. The van der Waals surface area contributed by atoms with Gasteiger partial charge in [0, 0.05) is 6.42 Å². The van der Waals surface area contributed by atoms with E-state index in [9.17, 15) is 4.79 Å². The maximum atomic E-state index is 11.4. The Balaban J connectivity index is 3.80. The molecule has 0 bridgehead atoms. The highest BCUT2D eigenvalue weighted by Gasteiger charge is 1.99. The Morgan fingerprint density at radius 1 is 1.27 bits per heavy atom. The quantitative estimate of drug-likeness (QED) is 0.482. The SMILES string of the molecule is CCCC/C=C(\Br)CCC(=O)C=C(C)C. The molecule has 0 heterocycles. The summed E-state index contributed by atoms with van der Waals surface area (Å²) in [5.74, 6) is 0.218. The Hall–Kier alpha value is -0.370. The summed E-state index contributed by atoms with van der Waals surface area (Å²) in [4.78, 5) is 11.4. The Labute approximate surface area is 102 Å². The molecule has 0 aliphatic carbocycles. The lowest BCUT2D eigenvalue weighted by Crippen LogP contribution is -1.93. The van der Waals surface area contributed by atoms with E-state index in [1.54, 1.807) is 6.08 Å². The van der Waals surface area contributed by atoms with Crippen molar-refractivity contribution in [3.8, 4) is 0 Å². The van der Waals surface area contributed by atoms with Gasteiger partial charge in [-0.2, -0.15) is 0 Å². The average Bonchev–Trinajstić information content (AvgIpc) is 2.14. The summed E-state index contributed by atoms with van der Waals surface area (Å²) in [6.07, 6.45) is 8.87. The first kappa shape index (κ1) is 14.6. The molecule has 0 saturated carbocycles. The Kier molecular flexibility index (Phi) is 8.68. The Morgan fingerprint density at radius 2 is 1.93 bits per heavy atom. The minimum atomic E-state index is 0.218. The molecule has 0 radical (unpaired) electrons. The van der Waals surface area contributed by atoms with Crippen LogP contribution in [0, 0.1) is 0 Å². The summed E-state index contributed by atoms with van der Waals surface area (Å²) in [6.45, 7) is 6.08. The molecule has 1 nitrogen and oxygen atoms in total. The highest BCUT2D eigenvalue weighted by molar-refractivity contribution is 9.11. The van der Waals surface area contributed by atoms with Gasteiger partial charge >= 0.3 is 0 Å². The van der Waals surface area contributed by atoms with E-state index in [-0.39, 0.29) is 5.78 Å². The first-order chi connectivity index (χ1) is 7.06. The van der Waals surface area contributed by atoms with Gasteiger partial charge in [-0.25, -0.2) is 0 Å². The van der Waals surface area contributed by atoms with Gasteiger partial charge in [0.05, 0.1) is 0 Å². The molecule has 0 atom stereocenters. The topological polar surface area (TPSA) is 17.1 Å². The lowest BCUT2D eigenvalue weighted by molar-refractivity contribution is -0.114. The molecule has 0 amide bonds. The van der Waals surface area contributed by atoms with Gasteiger partial charge in [-0.05, 0) is 37.2 Å².